The Labute approximate surface area is 286 Å². The van der Waals surface area contributed by atoms with Gasteiger partial charge in [0.2, 0.25) is 5.91 Å². The first-order valence-corrected chi connectivity index (χ1v) is 21.5. The van der Waals surface area contributed by atoms with Crippen molar-refractivity contribution < 1.29 is 22.9 Å². The van der Waals surface area contributed by atoms with Crippen molar-refractivity contribution in [3.05, 3.63) is 12.2 Å². The standard InChI is InChI=1S/C39H77NO5S/c1-3-5-7-9-11-13-15-16-17-18-19-20-21-22-23-24-25-27-29-31-33-35-39(42)40-37(36-46(43,44)45)38(41)34-32-30-28-26-14-12-10-8-6-4-2/h18-19,37-38,41H,3-17,20-36H2,1-2H3,(H,40,42)(H,43,44,45)/b19-18-. The Bertz CT molecular complexity index is 785. The van der Waals surface area contributed by atoms with Crippen molar-refractivity contribution >= 4 is 16.0 Å². The number of unbranched alkanes of at least 4 members (excludes halogenated alkanes) is 26. The van der Waals surface area contributed by atoms with Gasteiger partial charge in [0.25, 0.3) is 10.1 Å². The van der Waals surface area contributed by atoms with Crippen molar-refractivity contribution in [3.8, 4) is 0 Å². The first-order valence-electron chi connectivity index (χ1n) is 19.9. The Morgan fingerprint density at radius 2 is 0.913 bits per heavy atom. The van der Waals surface area contributed by atoms with E-state index in [2.05, 4.69) is 31.3 Å². The second-order valence-electron chi connectivity index (χ2n) is 13.9. The molecule has 46 heavy (non-hydrogen) atoms. The largest absolute Gasteiger partial charge is 0.391 e. The molecular weight excluding hydrogens is 594 g/mol. The number of carbonyl (C=O) groups excluding carboxylic acids is 1. The molecule has 0 radical (unpaired) electrons. The highest BCUT2D eigenvalue weighted by atomic mass is 32.2. The van der Waals surface area contributed by atoms with Gasteiger partial charge in [-0.15, -0.1) is 0 Å². The van der Waals surface area contributed by atoms with Crippen LogP contribution in [-0.2, 0) is 14.9 Å². The Morgan fingerprint density at radius 1 is 0.565 bits per heavy atom. The summed E-state index contributed by atoms with van der Waals surface area (Å²) in [6.45, 7) is 4.50. The van der Waals surface area contributed by atoms with Crippen molar-refractivity contribution in [1.29, 1.82) is 0 Å². The highest BCUT2D eigenvalue weighted by Crippen LogP contribution is 2.15. The third kappa shape index (κ3) is 34.4. The Kier molecular flexibility index (Phi) is 33.3. The van der Waals surface area contributed by atoms with Crippen LogP contribution in [0.1, 0.15) is 213 Å². The van der Waals surface area contributed by atoms with E-state index in [1.807, 2.05) is 0 Å². The summed E-state index contributed by atoms with van der Waals surface area (Å²) >= 11 is 0. The van der Waals surface area contributed by atoms with Crippen LogP contribution in [0.15, 0.2) is 12.2 Å². The van der Waals surface area contributed by atoms with Gasteiger partial charge in [0.1, 0.15) is 0 Å². The maximum Gasteiger partial charge on any atom is 0.266 e. The fraction of sp³-hybridized carbons (Fsp3) is 0.923. The van der Waals surface area contributed by atoms with Crippen LogP contribution in [0.25, 0.3) is 0 Å². The lowest BCUT2D eigenvalue weighted by molar-refractivity contribution is -0.122. The zero-order valence-corrected chi connectivity index (χ0v) is 31.3. The molecule has 274 valence electrons. The number of aliphatic hydroxyl groups excluding tert-OH is 1. The minimum absolute atomic E-state index is 0.248. The Hall–Kier alpha value is -0.920. The van der Waals surface area contributed by atoms with Crippen molar-refractivity contribution in [2.24, 2.45) is 0 Å². The van der Waals surface area contributed by atoms with Crippen LogP contribution in [0.3, 0.4) is 0 Å². The smallest absolute Gasteiger partial charge is 0.266 e. The normalized spacial score (nSPS) is 13.4. The predicted octanol–water partition coefficient (Wildman–Crippen LogP) is 11.4. The zero-order chi connectivity index (χ0) is 34.0. The maximum absolute atomic E-state index is 12.5. The summed E-state index contributed by atoms with van der Waals surface area (Å²) in [7, 11) is -4.30. The van der Waals surface area contributed by atoms with Crippen molar-refractivity contribution in [2.45, 2.75) is 225 Å². The van der Waals surface area contributed by atoms with E-state index in [4.69, 9.17) is 0 Å². The summed E-state index contributed by atoms with van der Waals surface area (Å²) in [5.41, 5.74) is 0. The quantitative estimate of drug-likeness (QED) is 0.0349. The number of carbonyl (C=O) groups is 1. The predicted molar refractivity (Wildman–Crippen MR) is 198 cm³/mol. The van der Waals surface area contributed by atoms with Crippen LogP contribution >= 0.6 is 0 Å². The first kappa shape index (κ1) is 45.1. The molecule has 0 aromatic rings. The SMILES string of the molecule is CCCCCCCCCC/C=C\CCCCCCCCCCCC(=O)NC(CS(=O)(=O)O)C(O)CCCCCCCCCCCC. The zero-order valence-electron chi connectivity index (χ0n) is 30.5. The van der Waals surface area contributed by atoms with Crippen LogP contribution in [0.4, 0.5) is 0 Å². The van der Waals surface area contributed by atoms with Gasteiger partial charge < -0.3 is 10.4 Å². The molecule has 0 aliphatic heterocycles. The number of hydrogen-bond donors (Lipinski definition) is 3. The van der Waals surface area contributed by atoms with Gasteiger partial charge in [0.05, 0.1) is 17.9 Å². The van der Waals surface area contributed by atoms with Gasteiger partial charge in [-0.1, -0.05) is 180 Å². The molecule has 0 rings (SSSR count). The number of amides is 1. The Balaban J connectivity index is 3.79. The minimum atomic E-state index is -4.30. The summed E-state index contributed by atoms with van der Waals surface area (Å²) in [6, 6.07) is -0.966. The molecule has 6 nitrogen and oxygen atoms in total. The second kappa shape index (κ2) is 34.0. The second-order valence-corrected chi connectivity index (χ2v) is 15.4. The molecule has 0 aromatic heterocycles. The van der Waals surface area contributed by atoms with Crippen LogP contribution in [0.5, 0.6) is 0 Å². The molecule has 7 heteroatoms. The lowest BCUT2D eigenvalue weighted by atomic mass is 10.0. The number of aliphatic hydroxyl groups is 1. The average molecular weight is 672 g/mol. The van der Waals surface area contributed by atoms with Gasteiger partial charge in [-0.2, -0.15) is 8.42 Å². The molecule has 0 saturated carbocycles. The van der Waals surface area contributed by atoms with Crippen molar-refractivity contribution in [2.75, 3.05) is 5.75 Å². The third-order valence-electron chi connectivity index (χ3n) is 9.22. The van der Waals surface area contributed by atoms with Gasteiger partial charge in [-0.3, -0.25) is 9.35 Å². The molecule has 0 bridgehead atoms. The number of nitrogens with one attached hydrogen (secondary N) is 1. The van der Waals surface area contributed by atoms with Crippen molar-refractivity contribution in [1.82, 2.24) is 5.32 Å². The topological polar surface area (TPSA) is 104 Å². The number of allylic oxidation sites excluding steroid dienone is 2. The third-order valence-corrected chi connectivity index (χ3v) is 10.0. The van der Waals surface area contributed by atoms with Gasteiger partial charge in [0.15, 0.2) is 0 Å². The van der Waals surface area contributed by atoms with E-state index < -0.39 is 28.0 Å². The van der Waals surface area contributed by atoms with Crippen LogP contribution < -0.4 is 5.32 Å². The molecule has 0 aliphatic rings. The molecular formula is C39H77NO5S. The average Bonchev–Trinajstić information content (AvgIpc) is 3.01. The highest BCUT2D eigenvalue weighted by molar-refractivity contribution is 7.85. The molecule has 1 amide bonds. The molecule has 0 aliphatic carbocycles. The molecule has 0 saturated heterocycles. The summed E-state index contributed by atoms with van der Waals surface area (Å²) < 4.78 is 32.4. The summed E-state index contributed by atoms with van der Waals surface area (Å²) in [6.07, 6.45) is 40.3. The van der Waals surface area contributed by atoms with E-state index in [9.17, 15) is 22.9 Å². The van der Waals surface area contributed by atoms with E-state index in [1.54, 1.807) is 0 Å². The molecule has 0 aromatic carbocycles. The van der Waals surface area contributed by atoms with E-state index in [-0.39, 0.29) is 5.91 Å². The van der Waals surface area contributed by atoms with E-state index in [0.29, 0.717) is 12.8 Å². The lowest BCUT2D eigenvalue weighted by Crippen LogP contribution is -2.47. The monoisotopic (exact) mass is 672 g/mol. The fourth-order valence-electron chi connectivity index (χ4n) is 6.21. The number of hydrogen-bond acceptors (Lipinski definition) is 4. The summed E-state index contributed by atoms with van der Waals surface area (Å²) in [4.78, 5) is 12.5. The summed E-state index contributed by atoms with van der Waals surface area (Å²) in [5.74, 6) is -0.893. The minimum Gasteiger partial charge on any atom is -0.391 e. The van der Waals surface area contributed by atoms with Gasteiger partial charge >= 0.3 is 0 Å². The number of rotatable bonds is 36. The first-order chi connectivity index (χ1) is 22.3. The van der Waals surface area contributed by atoms with Crippen molar-refractivity contribution in [3.63, 3.8) is 0 Å². The highest BCUT2D eigenvalue weighted by Gasteiger charge is 2.26. The van der Waals surface area contributed by atoms with Gasteiger partial charge in [-0.05, 0) is 38.5 Å². The summed E-state index contributed by atoms with van der Waals surface area (Å²) in [5, 5.41) is 13.3. The maximum atomic E-state index is 12.5. The van der Waals surface area contributed by atoms with Gasteiger partial charge in [-0.25, -0.2) is 0 Å². The van der Waals surface area contributed by atoms with Crippen LogP contribution in [-0.4, -0.2) is 41.9 Å². The molecule has 2 atom stereocenters. The van der Waals surface area contributed by atoms with E-state index in [0.717, 1.165) is 38.5 Å². The Morgan fingerprint density at radius 3 is 1.30 bits per heavy atom. The molecule has 3 N–H and O–H groups in total. The van der Waals surface area contributed by atoms with E-state index in [1.165, 1.54) is 148 Å². The lowest BCUT2D eigenvalue weighted by Gasteiger charge is -2.23. The molecule has 0 heterocycles. The van der Waals surface area contributed by atoms with E-state index >= 15 is 0 Å². The molecule has 2 unspecified atom stereocenters. The molecule has 0 fully saturated rings. The molecule has 0 spiro atoms. The fourth-order valence-corrected chi connectivity index (χ4v) is 6.97. The van der Waals surface area contributed by atoms with Crippen LogP contribution in [0, 0.1) is 0 Å². The van der Waals surface area contributed by atoms with Gasteiger partial charge in [0, 0.05) is 6.42 Å². The van der Waals surface area contributed by atoms with Crippen LogP contribution in [0.2, 0.25) is 0 Å².